The number of anilines is 1. The third-order valence-electron chi connectivity index (χ3n) is 6.10. The van der Waals surface area contributed by atoms with Gasteiger partial charge >= 0.3 is 0 Å². The van der Waals surface area contributed by atoms with Crippen molar-refractivity contribution in [2.75, 3.05) is 12.4 Å². The van der Waals surface area contributed by atoms with Gasteiger partial charge in [-0.25, -0.2) is 8.78 Å². The standard InChI is InChI=1S/C22H16Cl6F2N2O2/c1-32(11-7-21(29,30)8-11)20(34)12-6-10(2-3-13(12)23)31-19(33)17-16(22(17,27)28)9-4-14(24)18(26)15(25)5-9/h2-6,11,16-17H,7-8H2,1H3,(H,31,33)/t16-,17+/m0/s1. The van der Waals surface area contributed by atoms with Gasteiger partial charge < -0.3 is 10.2 Å². The summed E-state index contributed by atoms with van der Waals surface area (Å²) in [5.41, 5.74) is 0.895. The molecule has 4 rings (SSSR count). The van der Waals surface area contributed by atoms with Gasteiger partial charge in [-0.3, -0.25) is 9.59 Å². The smallest absolute Gasteiger partial charge is 0.255 e. The van der Waals surface area contributed by atoms with Crippen molar-refractivity contribution in [1.82, 2.24) is 4.90 Å². The van der Waals surface area contributed by atoms with Gasteiger partial charge in [0.05, 0.1) is 31.6 Å². The quantitative estimate of drug-likeness (QED) is 0.287. The number of alkyl halides is 4. The second-order valence-corrected chi connectivity index (χ2v) is 11.5. The molecular formula is C22H16Cl6F2N2O2. The number of hydrogen-bond donors (Lipinski definition) is 1. The van der Waals surface area contributed by atoms with Crippen LogP contribution >= 0.6 is 69.6 Å². The van der Waals surface area contributed by atoms with Crippen molar-refractivity contribution in [1.29, 1.82) is 0 Å². The molecular weight excluding hydrogens is 575 g/mol. The van der Waals surface area contributed by atoms with E-state index in [1.807, 2.05) is 0 Å². The summed E-state index contributed by atoms with van der Waals surface area (Å²) in [6.45, 7) is 0. The molecule has 0 aliphatic heterocycles. The zero-order valence-electron chi connectivity index (χ0n) is 17.3. The van der Waals surface area contributed by atoms with Gasteiger partial charge in [0.1, 0.15) is 4.33 Å². The molecule has 1 N–H and O–H groups in total. The molecule has 0 unspecified atom stereocenters. The van der Waals surface area contributed by atoms with Gasteiger partial charge in [-0.15, -0.1) is 23.2 Å². The third kappa shape index (κ3) is 4.82. The van der Waals surface area contributed by atoms with Crippen LogP contribution in [0.15, 0.2) is 30.3 Å². The number of benzene rings is 2. The Bertz CT molecular complexity index is 1160. The SMILES string of the molecule is CN(C(=O)c1cc(NC(=O)[C@H]2[C@H](c3cc(Cl)c(Cl)c(Cl)c3)C2(Cl)Cl)ccc1Cl)C1CC(F)(F)C1. The predicted octanol–water partition coefficient (Wildman–Crippen LogP) is 7.70. The normalized spacial score (nSPS) is 22.6. The van der Waals surface area contributed by atoms with Gasteiger partial charge in [0.15, 0.2) is 0 Å². The van der Waals surface area contributed by atoms with E-state index in [4.69, 9.17) is 69.6 Å². The Labute approximate surface area is 224 Å². The molecule has 0 spiro atoms. The summed E-state index contributed by atoms with van der Waals surface area (Å²) in [6.07, 6.45) is -0.808. The molecule has 34 heavy (non-hydrogen) atoms. The summed E-state index contributed by atoms with van der Waals surface area (Å²) < 4.78 is 25.0. The Hall–Kier alpha value is -1.02. The van der Waals surface area contributed by atoms with Crippen molar-refractivity contribution in [3.63, 3.8) is 0 Å². The number of hydrogen-bond acceptors (Lipinski definition) is 2. The highest BCUT2D eigenvalue weighted by molar-refractivity contribution is 6.54. The number of carbonyl (C=O) groups is 2. The van der Waals surface area contributed by atoms with Crippen LogP contribution in [0.2, 0.25) is 20.1 Å². The van der Waals surface area contributed by atoms with E-state index in [1.54, 1.807) is 12.1 Å². The lowest BCUT2D eigenvalue weighted by Gasteiger charge is -2.40. The minimum Gasteiger partial charge on any atom is -0.338 e. The van der Waals surface area contributed by atoms with Crippen molar-refractivity contribution in [2.45, 2.75) is 35.1 Å². The topological polar surface area (TPSA) is 49.4 Å². The van der Waals surface area contributed by atoms with Gasteiger partial charge in [0.25, 0.3) is 11.8 Å². The largest absolute Gasteiger partial charge is 0.338 e. The zero-order valence-corrected chi connectivity index (χ0v) is 21.9. The van der Waals surface area contributed by atoms with E-state index in [9.17, 15) is 18.4 Å². The maximum absolute atomic E-state index is 13.2. The maximum Gasteiger partial charge on any atom is 0.255 e. The molecule has 12 heteroatoms. The van der Waals surface area contributed by atoms with Crippen LogP contribution in [-0.2, 0) is 4.79 Å². The molecule has 2 aromatic rings. The molecule has 2 aliphatic carbocycles. The first kappa shape index (κ1) is 26.1. The van der Waals surface area contributed by atoms with Crippen molar-refractivity contribution in [3.05, 3.63) is 61.5 Å². The fourth-order valence-corrected chi connectivity index (χ4v) is 5.71. The summed E-state index contributed by atoms with van der Waals surface area (Å²) in [6, 6.07) is 6.83. The van der Waals surface area contributed by atoms with Gasteiger partial charge in [-0.1, -0.05) is 46.4 Å². The molecule has 2 atom stereocenters. The number of nitrogens with zero attached hydrogens (tertiary/aromatic N) is 1. The van der Waals surface area contributed by atoms with Crippen LogP contribution in [0.4, 0.5) is 14.5 Å². The summed E-state index contributed by atoms with van der Waals surface area (Å²) in [7, 11) is 1.44. The summed E-state index contributed by atoms with van der Waals surface area (Å²) >= 11 is 37.1. The molecule has 2 amide bonds. The number of nitrogens with one attached hydrogen (secondary N) is 1. The molecule has 0 heterocycles. The third-order valence-corrected chi connectivity index (χ3v) is 8.57. The Morgan fingerprint density at radius 2 is 1.59 bits per heavy atom. The average molecular weight is 591 g/mol. The Morgan fingerprint density at radius 1 is 1.00 bits per heavy atom. The molecule has 2 aromatic carbocycles. The molecule has 2 saturated carbocycles. The van der Waals surface area contributed by atoms with Crippen LogP contribution in [-0.4, -0.2) is 40.1 Å². The predicted molar refractivity (Wildman–Crippen MR) is 132 cm³/mol. The summed E-state index contributed by atoms with van der Waals surface area (Å²) in [5, 5.41) is 3.39. The summed E-state index contributed by atoms with van der Waals surface area (Å²) in [5.74, 6) is -5.22. The Morgan fingerprint density at radius 3 is 2.15 bits per heavy atom. The van der Waals surface area contributed by atoms with Crippen LogP contribution < -0.4 is 5.32 Å². The van der Waals surface area contributed by atoms with E-state index in [1.165, 1.54) is 30.1 Å². The van der Waals surface area contributed by atoms with Gasteiger partial charge in [0, 0.05) is 37.5 Å². The highest BCUT2D eigenvalue weighted by Gasteiger charge is 2.67. The lowest BCUT2D eigenvalue weighted by atomic mass is 9.87. The van der Waals surface area contributed by atoms with Crippen LogP contribution in [0.5, 0.6) is 0 Å². The molecule has 182 valence electrons. The van der Waals surface area contributed by atoms with Gasteiger partial charge in [-0.2, -0.15) is 0 Å². The monoisotopic (exact) mass is 588 g/mol. The van der Waals surface area contributed by atoms with Crippen molar-refractivity contribution < 1.29 is 18.4 Å². The number of carbonyl (C=O) groups excluding carboxylic acids is 2. The highest BCUT2D eigenvalue weighted by atomic mass is 35.5. The minimum atomic E-state index is -2.77. The van der Waals surface area contributed by atoms with Crippen molar-refractivity contribution >= 4 is 87.1 Å². The molecule has 0 radical (unpaired) electrons. The first-order valence-corrected chi connectivity index (χ1v) is 12.3. The molecule has 0 aromatic heterocycles. The highest BCUT2D eigenvalue weighted by Crippen LogP contribution is 2.65. The van der Waals surface area contributed by atoms with E-state index >= 15 is 0 Å². The lowest BCUT2D eigenvalue weighted by molar-refractivity contribution is -0.117. The molecule has 2 fully saturated rings. The minimum absolute atomic E-state index is 0.0730. The Balaban J connectivity index is 1.50. The van der Waals surface area contributed by atoms with Crippen LogP contribution in [0, 0.1) is 5.92 Å². The summed E-state index contributed by atoms with van der Waals surface area (Å²) in [4.78, 5) is 27.0. The van der Waals surface area contributed by atoms with E-state index < -0.39 is 52.8 Å². The fourth-order valence-electron chi connectivity index (χ4n) is 4.07. The van der Waals surface area contributed by atoms with E-state index in [0.717, 1.165) is 0 Å². The second-order valence-electron chi connectivity index (χ2n) is 8.45. The lowest BCUT2D eigenvalue weighted by Crippen LogP contribution is -2.51. The van der Waals surface area contributed by atoms with E-state index in [0.29, 0.717) is 5.56 Å². The van der Waals surface area contributed by atoms with Crippen LogP contribution in [0.3, 0.4) is 0 Å². The second kappa shape index (κ2) is 9.13. The molecule has 2 aliphatic rings. The number of halogens is 8. The molecule has 0 bridgehead atoms. The fraction of sp³-hybridized carbons (Fsp3) is 0.364. The number of amides is 2. The average Bonchev–Trinajstić information content (AvgIpc) is 3.32. The Kier molecular flexibility index (Phi) is 7.00. The van der Waals surface area contributed by atoms with E-state index in [-0.39, 0.29) is 31.3 Å². The molecule has 0 saturated heterocycles. The zero-order chi connectivity index (χ0) is 25.2. The van der Waals surface area contributed by atoms with Crippen molar-refractivity contribution in [3.8, 4) is 0 Å². The molecule has 4 nitrogen and oxygen atoms in total. The van der Waals surface area contributed by atoms with Crippen LogP contribution in [0.1, 0.15) is 34.7 Å². The van der Waals surface area contributed by atoms with Crippen LogP contribution in [0.25, 0.3) is 0 Å². The first-order valence-electron chi connectivity index (χ1n) is 10.0. The van der Waals surface area contributed by atoms with Gasteiger partial charge in [0.2, 0.25) is 5.91 Å². The van der Waals surface area contributed by atoms with Crippen molar-refractivity contribution in [2.24, 2.45) is 5.92 Å². The van der Waals surface area contributed by atoms with E-state index in [2.05, 4.69) is 5.32 Å². The van der Waals surface area contributed by atoms with Gasteiger partial charge in [-0.05, 0) is 35.9 Å². The maximum atomic E-state index is 13.2. The number of rotatable bonds is 5. The first-order chi connectivity index (χ1) is 15.7.